The number of hydrogen-bond acceptors (Lipinski definition) is 3. The molecule has 1 aromatic carbocycles. The van der Waals surface area contributed by atoms with E-state index in [4.69, 9.17) is 10.5 Å². The van der Waals surface area contributed by atoms with Gasteiger partial charge in [-0.05, 0) is 50.2 Å². The van der Waals surface area contributed by atoms with E-state index in [2.05, 4.69) is 41.7 Å². The van der Waals surface area contributed by atoms with Crippen molar-refractivity contribution < 1.29 is 4.74 Å². The van der Waals surface area contributed by atoms with Gasteiger partial charge in [0, 0.05) is 17.1 Å². The molecule has 3 nitrogen and oxygen atoms in total. The number of nitrogens with two attached hydrogens (primary N) is 1. The van der Waals surface area contributed by atoms with Gasteiger partial charge in [0.2, 0.25) is 0 Å². The van der Waals surface area contributed by atoms with Gasteiger partial charge >= 0.3 is 0 Å². The van der Waals surface area contributed by atoms with Gasteiger partial charge in [-0.25, -0.2) is 0 Å². The summed E-state index contributed by atoms with van der Waals surface area (Å²) in [6.07, 6.45) is 1.03. The van der Waals surface area contributed by atoms with Gasteiger partial charge in [-0.1, -0.05) is 29.8 Å². The molecule has 2 N–H and O–H groups in total. The fraction of sp³-hybridized carbons (Fsp3) is 0.600. The molecular formula is C15H25BrN2O. The normalized spacial score (nSPS) is 13.0. The van der Waals surface area contributed by atoms with Crippen LogP contribution in [0.1, 0.15) is 20.3 Å². The Kier molecular flexibility index (Phi) is 7.42. The molecule has 1 rings (SSSR count). The average Bonchev–Trinajstić information content (AvgIpc) is 2.38. The molecule has 108 valence electrons. The van der Waals surface area contributed by atoms with Crippen LogP contribution in [0.3, 0.4) is 0 Å². The zero-order chi connectivity index (χ0) is 14.3. The van der Waals surface area contributed by atoms with E-state index in [1.807, 2.05) is 24.3 Å². The van der Waals surface area contributed by atoms with Crippen molar-refractivity contribution >= 4 is 15.9 Å². The summed E-state index contributed by atoms with van der Waals surface area (Å²) in [6, 6.07) is 8.20. The molecule has 19 heavy (non-hydrogen) atoms. The van der Waals surface area contributed by atoms with E-state index in [1.54, 1.807) is 0 Å². The highest BCUT2D eigenvalue weighted by Crippen LogP contribution is 2.15. The molecule has 1 aromatic rings. The molecule has 0 saturated heterocycles. The molecule has 0 aliphatic carbocycles. The molecular weight excluding hydrogens is 304 g/mol. The third-order valence-electron chi connectivity index (χ3n) is 3.26. The monoisotopic (exact) mass is 328 g/mol. The topological polar surface area (TPSA) is 38.5 Å². The van der Waals surface area contributed by atoms with Crippen LogP contribution in [0.4, 0.5) is 0 Å². The van der Waals surface area contributed by atoms with E-state index in [1.165, 1.54) is 0 Å². The van der Waals surface area contributed by atoms with Gasteiger partial charge in [-0.3, -0.25) is 0 Å². The van der Waals surface area contributed by atoms with Crippen molar-refractivity contribution in [3.8, 4) is 5.75 Å². The number of benzene rings is 1. The molecule has 0 fully saturated rings. The van der Waals surface area contributed by atoms with E-state index < -0.39 is 0 Å². The molecule has 0 aliphatic rings. The van der Waals surface area contributed by atoms with Crippen molar-refractivity contribution in [3.05, 3.63) is 28.7 Å². The lowest BCUT2D eigenvalue weighted by Gasteiger charge is -2.21. The molecule has 0 aliphatic heterocycles. The highest BCUT2D eigenvalue weighted by Gasteiger charge is 2.08. The maximum atomic E-state index is 6.04. The number of rotatable bonds is 8. The molecule has 0 aromatic heterocycles. The summed E-state index contributed by atoms with van der Waals surface area (Å²) in [5.74, 6) is 1.46. The van der Waals surface area contributed by atoms with Crippen LogP contribution in [0, 0.1) is 5.92 Å². The standard InChI is InChI=1S/C15H25BrN2O/c1-12(2)15(17)8-9-18(3)10-11-19-14-6-4-13(16)5-7-14/h4-7,12,15H,8-11,17H2,1-3H3. The van der Waals surface area contributed by atoms with Crippen molar-refractivity contribution in [2.75, 3.05) is 26.7 Å². The predicted octanol–water partition coefficient (Wildman–Crippen LogP) is 3.13. The van der Waals surface area contributed by atoms with Crippen LogP contribution < -0.4 is 10.5 Å². The van der Waals surface area contributed by atoms with Crippen molar-refractivity contribution in [1.29, 1.82) is 0 Å². The molecule has 1 atom stereocenters. The van der Waals surface area contributed by atoms with Crippen LogP contribution in [0.2, 0.25) is 0 Å². The van der Waals surface area contributed by atoms with Gasteiger partial charge < -0.3 is 15.4 Å². The molecule has 1 unspecified atom stereocenters. The second-order valence-electron chi connectivity index (χ2n) is 5.30. The molecule has 0 saturated carbocycles. The minimum Gasteiger partial charge on any atom is -0.492 e. The van der Waals surface area contributed by atoms with Crippen LogP contribution >= 0.6 is 15.9 Å². The molecule has 0 amide bonds. The lowest BCUT2D eigenvalue weighted by atomic mass is 10.0. The van der Waals surface area contributed by atoms with Crippen molar-refractivity contribution in [3.63, 3.8) is 0 Å². The predicted molar refractivity (Wildman–Crippen MR) is 84.6 cm³/mol. The summed E-state index contributed by atoms with van der Waals surface area (Å²) in [6.45, 7) is 6.97. The third-order valence-corrected chi connectivity index (χ3v) is 3.78. The van der Waals surface area contributed by atoms with Gasteiger partial charge in [-0.15, -0.1) is 0 Å². The van der Waals surface area contributed by atoms with E-state index in [0.29, 0.717) is 12.5 Å². The Balaban J connectivity index is 2.16. The minimum absolute atomic E-state index is 0.287. The summed E-state index contributed by atoms with van der Waals surface area (Å²) in [5, 5.41) is 0. The number of nitrogens with zero attached hydrogens (tertiary/aromatic N) is 1. The Bertz CT molecular complexity index is 354. The van der Waals surface area contributed by atoms with Crippen molar-refractivity contribution in [2.45, 2.75) is 26.3 Å². The number of likely N-dealkylation sites (N-methyl/N-ethyl adjacent to an activating group) is 1. The van der Waals surface area contributed by atoms with Gasteiger partial charge in [-0.2, -0.15) is 0 Å². The molecule has 0 radical (unpaired) electrons. The first-order valence-electron chi connectivity index (χ1n) is 6.81. The maximum Gasteiger partial charge on any atom is 0.119 e. The summed E-state index contributed by atoms with van der Waals surface area (Å²) < 4.78 is 6.76. The zero-order valence-electron chi connectivity index (χ0n) is 12.1. The van der Waals surface area contributed by atoms with E-state index in [9.17, 15) is 0 Å². The zero-order valence-corrected chi connectivity index (χ0v) is 13.7. The highest BCUT2D eigenvalue weighted by molar-refractivity contribution is 9.10. The SMILES string of the molecule is CC(C)C(N)CCN(C)CCOc1ccc(Br)cc1. The number of ether oxygens (including phenoxy) is 1. The fourth-order valence-corrected chi connectivity index (χ4v) is 1.93. The van der Waals surface area contributed by atoms with Crippen LogP contribution in [-0.4, -0.2) is 37.7 Å². The second-order valence-corrected chi connectivity index (χ2v) is 6.22. The highest BCUT2D eigenvalue weighted by atomic mass is 79.9. The summed E-state index contributed by atoms with van der Waals surface area (Å²) in [5.41, 5.74) is 6.04. The third kappa shape index (κ3) is 6.95. The average molecular weight is 329 g/mol. The fourth-order valence-electron chi connectivity index (χ4n) is 1.66. The van der Waals surface area contributed by atoms with E-state index in [0.717, 1.165) is 29.7 Å². The van der Waals surface area contributed by atoms with E-state index in [-0.39, 0.29) is 6.04 Å². The summed E-state index contributed by atoms with van der Waals surface area (Å²) >= 11 is 3.41. The van der Waals surface area contributed by atoms with Crippen molar-refractivity contribution in [1.82, 2.24) is 4.90 Å². The largest absolute Gasteiger partial charge is 0.492 e. The Hall–Kier alpha value is -0.580. The molecule has 0 spiro atoms. The lowest BCUT2D eigenvalue weighted by molar-refractivity contribution is 0.229. The van der Waals surface area contributed by atoms with Gasteiger partial charge in [0.1, 0.15) is 12.4 Å². The quantitative estimate of drug-likeness (QED) is 0.796. The lowest BCUT2D eigenvalue weighted by Crippen LogP contribution is -2.33. The number of halogens is 1. The van der Waals surface area contributed by atoms with Crippen LogP contribution in [0.5, 0.6) is 5.75 Å². The first kappa shape index (κ1) is 16.5. The Morgan fingerprint density at radius 3 is 2.42 bits per heavy atom. The number of hydrogen-bond donors (Lipinski definition) is 1. The van der Waals surface area contributed by atoms with Gasteiger partial charge in [0.05, 0.1) is 0 Å². The smallest absolute Gasteiger partial charge is 0.119 e. The maximum absolute atomic E-state index is 6.04. The van der Waals surface area contributed by atoms with Crippen LogP contribution in [0.15, 0.2) is 28.7 Å². The first-order chi connectivity index (χ1) is 8.99. The first-order valence-corrected chi connectivity index (χ1v) is 7.61. The Morgan fingerprint density at radius 2 is 1.84 bits per heavy atom. The van der Waals surface area contributed by atoms with E-state index >= 15 is 0 Å². The molecule has 4 heteroatoms. The van der Waals surface area contributed by atoms with Crippen LogP contribution in [0.25, 0.3) is 0 Å². The van der Waals surface area contributed by atoms with Gasteiger partial charge in [0.15, 0.2) is 0 Å². The van der Waals surface area contributed by atoms with Crippen LogP contribution in [-0.2, 0) is 0 Å². The Morgan fingerprint density at radius 1 is 1.21 bits per heavy atom. The molecule has 0 bridgehead atoms. The second kappa shape index (κ2) is 8.56. The summed E-state index contributed by atoms with van der Waals surface area (Å²) in [4.78, 5) is 2.26. The minimum atomic E-state index is 0.287. The Labute approximate surface area is 125 Å². The van der Waals surface area contributed by atoms with Crippen molar-refractivity contribution in [2.24, 2.45) is 11.7 Å². The van der Waals surface area contributed by atoms with Gasteiger partial charge in [0.25, 0.3) is 0 Å². The summed E-state index contributed by atoms with van der Waals surface area (Å²) in [7, 11) is 2.11. The molecule has 0 heterocycles.